The van der Waals surface area contributed by atoms with Crippen LogP contribution in [0.4, 0.5) is 15.8 Å². The van der Waals surface area contributed by atoms with Gasteiger partial charge in [-0.25, -0.2) is 4.39 Å². The quantitative estimate of drug-likeness (QED) is 0.897. The smallest absolute Gasteiger partial charge is 0.125 e. The summed E-state index contributed by atoms with van der Waals surface area (Å²) in [5.41, 5.74) is 8.96. The Morgan fingerprint density at radius 3 is 2.60 bits per heavy atom. The summed E-state index contributed by atoms with van der Waals surface area (Å²) in [5, 5.41) is 9.66. The number of benzene rings is 2. The molecular weight excluding hydrogens is 255 g/mol. The van der Waals surface area contributed by atoms with E-state index in [1.807, 2.05) is 30.9 Å². The fourth-order valence-corrected chi connectivity index (χ4v) is 2.29. The molecule has 0 fully saturated rings. The average Bonchev–Trinajstić information content (AvgIpc) is 2.43. The first-order chi connectivity index (χ1) is 9.55. The molecule has 106 valence electrons. The Morgan fingerprint density at radius 1 is 1.20 bits per heavy atom. The lowest BCUT2D eigenvalue weighted by atomic mass is 10.1. The largest absolute Gasteiger partial charge is 0.508 e. The average molecular weight is 274 g/mol. The van der Waals surface area contributed by atoms with Crippen molar-refractivity contribution in [1.29, 1.82) is 0 Å². The molecule has 0 heterocycles. The van der Waals surface area contributed by atoms with Gasteiger partial charge >= 0.3 is 0 Å². The first kappa shape index (κ1) is 14.3. The number of rotatable bonds is 4. The van der Waals surface area contributed by atoms with E-state index >= 15 is 0 Å². The van der Waals surface area contributed by atoms with Gasteiger partial charge in [0.1, 0.15) is 11.6 Å². The number of hydrogen-bond donors (Lipinski definition) is 2. The molecule has 0 aliphatic rings. The van der Waals surface area contributed by atoms with Crippen LogP contribution in [0.1, 0.15) is 18.1 Å². The van der Waals surface area contributed by atoms with Gasteiger partial charge in [-0.15, -0.1) is 0 Å². The van der Waals surface area contributed by atoms with Crippen molar-refractivity contribution in [2.24, 2.45) is 5.73 Å². The number of phenols is 1. The van der Waals surface area contributed by atoms with Gasteiger partial charge in [0.25, 0.3) is 0 Å². The summed E-state index contributed by atoms with van der Waals surface area (Å²) >= 11 is 0. The molecular formula is C16H19FN2O. The molecule has 0 saturated heterocycles. The molecule has 20 heavy (non-hydrogen) atoms. The van der Waals surface area contributed by atoms with Gasteiger partial charge in [-0.1, -0.05) is 6.07 Å². The fraction of sp³-hybridized carbons (Fsp3) is 0.250. The molecule has 2 aromatic rings. The highest BCUT2D eigenvalue weighted by molar-refractivity contribution is 5.68. The van der Waals surface area contributed by atoms with Crippen LogP contribution in [-0.2, 0) is 6.54 Å². The Bertz CT molecular complexity index is 613. The molecule has 2 aromatic carbocycles. The van der Waals surface area contributed by atoms with Crippen LogP contribution in [0.2, 0.25) is 0 Å². The van der Waals surface area contributed by atoms with Crippen molar-refractivity contribution < 1.29 is 9.50 Å². The summed E-state index contributed by atoms with van der Waals surface area (Å²) in [6, 6.07) is 9.96. The Kier molecular flexibility index (Phi) is 4.25. The van der Waals surface area contributed by atoms with E-state index in [2.05, 4.69) is 0 Å². The number of halogens is 1. The van der Waals surface area contributed by atoms with Gasteiger partial charge in [-0.05, 0) is 49.2 Å². The molecule has 0 radical (unpaired) electrons. The standard InChI is InChI=1S/C16H19FN2O/c1-3-19(16-9-15(20)5-4-11(16)2)14-7-12(10-18)6-13(17)8-14/h4-9,20H,3,10,18H2,1-2H3. The van der Waals surface area contributed by atoms with Crippen LogP contribution in [0.25, 0.3) is 0 Å². The minimum absolute atomic E-state index is 0.194. The van der Waals surface area contributed by atoms with Crippen LogP contribution in [0.5, 0.6) is 5.75 Å². The zero-order chi connectivity index (χ0) is 14.7. The van der Waals surface area contributed by atoms with Crippen LogP contribution < -0.4 is 10.6 Å². The van der Waals surface area contributed by atoms with Gasteiger partial charge < -0.3 is 15.7 Å². The molecule has 0 aliphatic carbocycles. The summed E-state index contributed by atoms with van der Waals surface area (Å²) < 4.78 is 13.7. The van der Waals surface area contributed by atoms with Crippen molar-refractivity contribution >= 4 is 11.4 Å². The highest BCUT2D eigenvalue weighted by Gasteiger charge is 2.12. The maximum Gasteiger partial charge on any atom is 0.125 e. The van der Waals surface area contributed by atoms with Crippen LogP contribution in [0, 0.1) is 12.7 Å². The summed E-state index contributed by atoms with van der Waals surface area (Å²) in [7, 11) is 0. The molecule has 2 rings (SSSR count). The molecule has 0 amide bonds. The third-order valence-electron chi connectivity index (χ3n) is 3.29. The third-order valence-corrected chi connectivity index (χ3v) is 3.29. The maximum atomic E-state index is 13.7. The normalized spacial score (nSPS) is 10.6. The molecule has 3 nitrogen and oxygen atoms in total. The minimum Gasteiger partial charge on any atom is -0.508 e. The number of hydrogen-bond acceptors (Lipinski definition) is 3. The Hall–Kier alpha value is -2.07. The van der Waals surface area contributed by atoms with Gasteiger partial charge in [0.05, 0.1) is 0 Å². The maximum absolute atomic E-state index is 13.7. The number of phenolic OH excluding ortho intramolecular Hbond substituents is 1. The highest BCUT2D eigenvalue weighted by atomic mass is 19.1. The molecule has 0 saturated carbocycles. The molecule has 0 unspecified atom stereocenters. The minimum atomic E-state index is -0.306. The number of anilines is 2. The molecule has 0 aliphatic heterocycles. The summed E-state index contributed by atoms with van der Waals surface area (Å²) in [4.78, 5) is 1.96. The van der Waals surface area contributed by atoms with Crippen molar-refractivity contribution in [3.8, 4) is 5.75 Å². The van der Waals surface area contributed by atoms with Crippen molar-refractivity contribution in [3.63, 3.8) is 0 Å². The summed E-state index contributed by atoms with van der Waals surface area (Å²) in [5.74, 6) is -0.112. The first-order valence-electron chi connectivity index (χ1n) is 6.62. The van der Waals surface area contributed by atoms with Crippen LogP contribution in [-0.4, -0.2) is 11.7 Å². The molecule has 4 heteroatoms. The Morgan fingerprint density at radius 2 is 1.95 bits per heavy atom. The summed E-state index contributed by atoms with van der Waals surface area (Å²) in [6.45, 7) is 4.90. The number of aromatic hydroxyl groups is 1. The molecule has 0 spiro atoms. The van der Waals surface area contributed by atoms with E-state index in [4.69, 9.17) is 5.73 Å². The fourth-order valence-electron chi connectivity index (χ4n) is 2.29. The van der Waals surface area contributed by atoms with Crippen LogP contribution >= 0.6 is 0 Å². The van der Waals surface area contributed by atoms with Crippen LogP contribution in [0.15, 0.2) is 36.4 Å². The predicted octanol–water partition coefficient (Wildman–Crippen LogP) is 3.46. The van der Waals surface area contributed by atoms with E-state index in [9.17, 15) is 9.50 Å². The highest BCUT2D eigenvalue weighted by Crippen LogP contribution is 2.31. The van der Waals surface area contributed by atoms with E-state index in [-0.39, 0.29) is 11.6 Å². The molecule has 0 atom stereocenters. The van der Waals surface area contributed by atoms with Crippen molar-refractivity contribution in [2.45, 2.75) is 20.4 Å². The van der Waals surface area contributed by atoms with Crippen LogP contribution in [0.3, 0.4) is 0 Å². The molecule has 0 bridgehead atoms. The number of nitrogens with two attached hydrogens (primary N) is 1. The lowest BCUT2D eigenvalue weighted by molar-refractivity contribution is 0.475. The summed E-state index contributed by atoms with van der Waals surface area (Å²) in [6.07, 6.45) is 0. The lowest BCUT2D eigenvalue weighted by Gasteiger charge is -2.26. The second kappa shape index (κ2) is 5.92. The molecule has 0 aromatic heterocycles. The SMILES string of the molecule is CCN(c1cc(F)cc(CN)c1)c1cc(O)ccc1C. The number of aryl methyl sites for hydroxylation is 1. The van der Waals surface area contributed by atoms with E-state index in [0.29, 0.717) is 13.1 Å². The van der Waals surface area contributed by atoms with Gasteiger partial charge in [-0.3, -0.25) is 0 Å². The Labute approximate surface area is 118 Å². The van der Waals surface area contributed by atoms with E-state index in [0.717, 1.165) is 22.5 Å². The van der Waals surface area contributed by atoms with Crippen molar-refractivity contribution in [2.75, 3.05) is 11.4 Å². The van der Waals surface area contributed by atoms with Gasteiger partial charge in [0, 0.05) is 30.5 Å². The van der Waals surface area contributed by atoms with E-state index < -0.39 is 0 Å². The topological polar surface area (TPSA) is 49.5 Å². The number of nitrogens with zero attached hydrogens (tertiary/aromatic N) is 1. The predicted molar refractivity (Wildman–Crippen MR) is 79.8 cm³/mol. The lowest BCUT2D eigenvalue weighted by Crippen LogP contribution is -2.17. The third kappa shape index (κ3) is 2.91. The second-order valence-electron chi connectivity index (χ2n) is 4.74. The Balaban J connectivity index is 2.51. The van der Waals surface area contributed by atoms with E-state index in [1.165, 1.54) is 12.1 Å². The van der Waals surface area contributed by atoms with Crippen molar-refractivity contribution in [3.05, 3.63) is 53.3 Å². The van der Waals surface area contributed by atoms with Gasteiger partial charge in [0.2, 0.25) is 0 Å². The second-order valence-corrected chi connectivity index (χ2v) is 4.74. The molecule has 3 N–H and O–H groups in total. The zero-order valence-electron chi connectivity index (χ0n) is 11.7. The zero-order valence-corrected chi connectivity index (χ0v) is 11.7. The van der Waals surface area contributed by atoms with Gasteiger partial charge in [0.15, 0.2) is 0 Å². The monoisotopic (exact) mass is 274 g/mol. The van der Waals surface area contributed by atoms with Gasteiger partial charge in [-0.2, -0.15) is 0 Å². The first-order valence-corrected chi connectivity index (χ1v) is 6.62. The van der Waals surface area contributed by atoms with Crippen molar-refractivity contribution in [1.82, 2.24) is 0 Å². The van der Waals surface area contributed by atoms with E-state index in [1.54, 1.807) is 12.1 Å².